The van der Waals surface area contributed by atoms with E-state index >= 15 is 0 Å². The molecule has 84 valence electrons. The van der Waals surface area contributed by atoms with Crippen LogP contribution in [0.25, 0.3) is 0 Å². The third-order valence-corrected chi connectivity index (χ3v) is 2.41. The fourth-order valence-electron chi connectivity index (χ4n) is 1.53. The topological polar surface area (TPSA) is 63.7 Å². The van der Waals surface area contributed by atoms with Crippen molar-refractivity contribution in [2.45, 2.75) is 19.3 Å². The molecule has 5 heteroatoms. The van der Waals surface area contributed by atoms with Gasteiger partial charge in [-0.15, -0.1) is 10.2 Å². The van der Waals surface area contributed by atoms with Crippen molar-refractivity contribution in [1.82, 2.24) is 20.6 Å². The van der Waals surface area contributed by atoms with Crippen molar-refractivity contribution in [2.24, 2.45) is 0 Å². The molecule has 1 aromatic heterocycles. The minimum atomic E-state index is 0.772. The van der Waals surface area contributed by atoms with Crippen LogP contribution in [-0.2, 0) is 12.8 Å². The Balaban J connectivity index is 1.81. The zero-order valence-electron chi connectivity index (χ0n) is 9.18. The molecular formula is C11H14N4O. The van der Waals surface area contributed by atoms with Crippen molar-refractivity contribution in [1.29, 1.82) is 0 Å². The summed E-state index contributed by atoms with van der Waals surface area (Å²) in [6, 6.07) is 8.11. The van der Waals surface area contributed by atoms with Crippen molar-refractivity contribution in [3.8, 4) is 5.75 Å². The first-order valence-corrected chi connectivity index (χ1v) is 5.24. The van der Waals surface area contributed by atoms with E-state index in [4.69, 9.17) is 4.74 Å². The van der Waals surface area contributed by atoms with E-state index in [2.05, 4.69) is 32.8 Å². The van der Waals surface area contributed by atoms with E-state index in [1.54, 1.807) is 7.11 Å². The maximum atomic E-state index is 5.10. The van der Waals surface area contributed by atoms with Gasteiger partial charge in [-0.2, -0.15) is 5.21 Å². The molecule has 0 saturated carbocycles. The summed E-state index contributed by atoms with van der Waals surface area (Å²) in [6.07, 6.45) is 2.88. The lowest BCUT2D eigenvalue weighted by molar-refractivity contribution is 0.414. The molecule has 0 amide bonds. The van der Waals surface area contributed by atoms with Gasteiger partial charge >= 0.3 is 0 Å². The molecule has 5 nitrogen and oxygen atoms in total. The molecule has 1 heterocycles. The van der Waals surface area contributed by atoms with Gasteiger partial charge in [-0.3, -0.25) is 0 Å². The van der Waals surface area contributed by atoms with Gasteiger partial charge in [0.05, 0.1) is 7.11 Å². The maximum absolute atomic E-state index is 5.10. The van der Waals surface area contributed by atoms with Crippen LogP contribution in [0.1, 0.15) is 17.8 Å². The molecule has 0 aliphatic heterocycles. The van der Waals surface area contributed by atoms with Crippen LogP contribution < -0.4 is 4.74 Å². The van der Waals surface area contributed by atoms with E-state index in [1.165, 1.54) is 5.56 Å². The predicted molar refractivity (Wildman–Crippen MR) is 59.2 cm³/mol. The first-order valence-electron chi connectivity index (χ1n) is 5.24. The zero-order valence-corrected chi connectivity index (χ0v) is 9.18. The van der Waals surface area contributed by atoms with Gasteiger partial charge in [-0.25, -0.2) is 0 Å². The summed E-state index contributed by atoms with van der Waals surface area (Å²) in [6.45, 7) is 0. The normalized spacial score (nSPS) is 10.3. The number of aryl methyl sites for hydroxylation is 2. The predicted octanol–water partition coefficient (Wildman–Crippen LogP) is 1.38. The number of methoxy groups -OCH3 is 1. The molecule has 2 rings (SSSR count). The van der Waals surface area contributed by atoms with Crippen LogP contribution in [0.15, 0.2) is 24.3 Å². The molecule has 2 aromatic rings. The Hall–Kier alpha value is -1.91. The fraction of sp³-hybridized carbons (Fsp3) is 0.364. The lowest BCUT2D eigenvalue weighted by Crippen LogP contribution is -1.92. The van der Waals surface area contributed by atoms with Crippen LogP contribution in [-0.4, -0.2) is 27.7 Å². The lowest BCUT2D eigenvalue weighted by Gasteiger charge is -2.02. The summed E-state index contributed by atoms with van der Waals surface area (Å²) in [4.78, 5) is 0. The first-order chi connectivity index (χ1) is 7.88. The van der Waals surface area contributed by atoms with Crippen LogP contribution in [0.4, 0.5) is 0 Å². The molecule has 0 aliphatic carbocycles. The van der Waals surface area contributed by atoms with Crippen molar-refractivity contribution in [3.63, 3.8) is 0 Å². The summed E-state index contributed by atoms with van der Waals surface area (Å²) in [5.74, 6) is 1.66. The monoisotopic (exact) mass is 218 g/mol. The van der Waals surface area contributed by atoms with Crippen LogP contribution in [0.2, 0.25) is 0 Å². The van der Waals surface area contributed by atoms with E-state index in [0.717, 1.165) is 30.8 Å². The van der Waals surface area contributed by atoms with Crippen molar-refractivity contribution >= 4 is 0 Å². The Labute approximate surface area is 93.8 Å². The molecule has 1 aromatic carbocycles. The number of hydrogen-bond donors (Lipinski definition) is 1. The quantitative estimate of drug-likeness (QED) is 0.823. The highest BCUT2D eigenvalue weighted by molar-refractivity contribution is 5.27. The smallest absolute Gasteiger partial charge is 0.174 e. The number of rotatable bonds is 5. The molecule has 0 spiro atoms. The van der Waals surface area contributed by atoms with E-state index in [1.807, 2.05) is 12.1 Å². The van der Waals surface area contributed by atoms with Gasteiger partial charge in [0.15, 0.2) is 5.82 Å². The molecule has 0 aliphatic rings. The number of H-pyrrole nitrogens is 1. The van der Waals surface area contributed by atoms with Gasteiger partial charge in [-0.05, 0) is 30.5 Å². The lowest BCUT2D eigenvalue weighted by atomic mass is 10.1. The average Bonchev–Trinajstić information content (AvgIpc) is 2.83. The van der Waals surface area contributed by atoms with E-state index in [-0.39, 0.29) is 0 Å². The second-order valence-corrected chi connectivity index (χ2v) is 3.53. The van der Waals surface area contributed by atoms with Crippen molar-refractivity contribution in [3.05, 3.63) is 35.7 Å². The van der Waals surface area contributed by atoms with Crippen molar-refractivity contribution < 1.29 is 4.74 Å². The van der Waals surface area contributed by atoms with Gasteiger partial charge in [0.1, 0.15) is 5.75 Å². The second-order valence-electron chi connectivity index (χ2n) is 3.53. The highest BCUT2D eigenvalue weighted by Crippen LogP contribution is 2.12. The number of aromatic nitrogens is 4. The molecule has 16 heavy (non-hydrogen) atoms. The van der Waals surface area contributed by atoms with Gasteiger partial charge in [-0.1, -0.05) is 17.3 Å². The minimum Gasteiger partial charge on any atom is -0.497 e. The van der Waals surface area contributed by atoms with Crippen molar-refractivity contribution in [2.75, 3.05) is 7.11 Å². The van der Waals surface area contributed by atoms with Crippen LogP contribution in [0.5, 0.6) is 5.75 Å². The number of nitrogens with one attached hydrogen (secondary N) is 1. The van der Waals surface area contributed by atoms with Crippen LogP contribution in [0.3, 0.4) is 0 Å². The minimum absolute atomic E-state index is 0.772. The number of tetrazole rings is 1. The largest absolute Gasteiger partial charge is 0.497 e. The third-order valence-electron chi connectivity index (χ3n) is 2.41. The first kappa shape index (κ1) is 10.6. The molecule has 0 bridgehead atoms. The Morgan fingerprint density at radius 2 is 2.00 bits per heavy atom. The molecule has 0 unspecified atom stereocenters. The number of nitrogens with zero attached hydrogens (tertiary/aromatic N) is 3. The third kappa shape index (κ3) is 2.79. The number of ether oxygens (including phenoxy) is 1. The summed E-state index contributed by atoms with van der Waals surface area (Å²) >= 11 is 0. The summed E-state index contributed by atoms with van der Waals surface area (Å²) in [5, 5.41) is 13.8. The number of aromatic amines is 1. The molecule has 1 N–H and O–H groups in total. The number of hydrogen-bond acceptors (Lipinski definition) is 4. The van der Waals surface area contributed by atoms with Crippen LogP contribution >= 0.6 is 0 Å². The van der Waals surface area contributed by atoms with Gasteiger partial charge in [0.25, 0.3) is 0 Å². The Bertz CT molecular complexity index is 410. The maximum Gasteiger partial charge on any atom is 0.174 e. The van der Waals surface area contributed by atoms with Gasteiger partial charge in [0.2, 0.25) is 0 Å². The fourth-order valence-corrected chi connectivity index (χ4v) is 1.53. The van der Waals surface area contributed by atoms with E-state index in [0.29, 0.717) is 0 Å². The van der Waals surface area contributed by atoms with Crippen LogP contribution in [0, 0.1) is 0 Å². The zero-order chi connectivity index (χ0) is 11.2. The molecule has 0 saturated heterocycles. The standard InChI is InChI=1S/C11H14N4O/c1-16-10-7-5-9(6-8-10)3-2-4-11-12-14-15-13-11/h5-8H,2-4H2,1H3,(H,12,13,14,15). The Kier molecular flexibility index (Phi) is 3.48. The summed E-state index contributed by atoms with van der Waals surface area (Å²) in [7, 11) is 1.67. The molecule has 0 atom stereocenters. The average molecular weight is 218 g/mol. The summed E-state index contributed by atoms with van der Waals surface area (Å²) in [5.41, 5.74) is 1.30. The Morgan fingerprint density at radius 1 is 1.19 bits per heavy atom. The SMILES string of the molecule is COc1ccc(CCCc2nn[nH]n2)cc1. The Morgan fingerprint density at radius 3 is 2.62 bits per heavy atom. The molecule has 0 radical (unpaired) electrons. The van der Waals surface area contributed by atoms with E-state index in [9.17, 15) is 0 Å². The van der Waals surface area contributed by atoms with Gasteiger partial charge in [0, 0.05) is 6.42 Å². The summed E-state index contributed by atoms with van der Waals surface area (Å²) < 4.78 is 5.10. The molecular weight excluding hydrogens is 204 g/mol. The van der Waals surface area contributed by atoms with E-state index < -0.39 is 0 Å². The number of benzene rings is 1. The highest BCUT2D eigenvalue weighted by atomic mass is 16.5. The second kappa shape index (κ2) is 5.25. The van der Waals surface area contributed by atoms with Gasteiger partial charge < -0.3 is 4.74 Å². The highest BCUT2D eigenvalue weighted by Gasteiger charge is 1.99. The molecule has 0 fully saturated rings.